The Morgan fingerprint density at radius 1 is 1.16 bits per heavy atom. The maximum Gasteiger partial charge on any atom is 0.509 e. The molecule has 25 heavy (non-hydrogen) atoms. The van der Waals surface area contributed by atoms with Crippen molar-refractivity contribution in [2.75, 3.05) is 6.61 Å². The van der Waals surface area contributed by atoms with E-state index >= 15 is 0 Å². The Morgan fingerprint density at radius 3 is 2.76 bits per heavy atom. The monoisotopic (exact) mass is 342 g/mol. The molecular formula is C21H26O4. The topological polar surface area (TPSA) is 52.6 Å². The van der Waals surface area contributed by atoms with Gasteiger partial charge in [0.25, 0.3) is 0 Å². The highest BCUT2D eigenvalue weighted by molar-refractivity contribution is 5.83. The molecule has 0 radical (unpaired) electrons. The van der Waals surface area contributed by atoms with Crippen LogP contribution in [0, 0.1) is 22.7 Å². The number of allylic oxidation sites excluding steroid dienone is 4. The zero-order valence-corrected chi connectivity index (χ0v) is 15.1. The van der Waals surface area contributed by atoms with E-state index in [1.165, 1.54) is 5.57 Å². The Morgan fingerprint density at radius 2 is 2.00 bits per heavy atom. The van der Waals surface area contributed by atoms with E-state index in [9.17, 15) is 9.59 Å². The van der Waals surface area contributed by atoms with Gasteiger partial charge in [0.1, 0.15) is 12.4 Å². The number of Topliss-reactive ketones (excluding diaryl/α,β-unsaturated/α-hetero) is 1. The molecule has 3 unspecified atom stereocenters. The standard InChI is InChI=1S/C21H26O4/c1-19-8-5-14(22)11-13(19)3-4-15-16(19)6-9-20(2)17(15)7-10-21(20)12-24-18(23)25-21/h3,6,15,17H,4-5,7-12H2,1-2H3/t15?,17?,19-,20-,21?/m0/s1. The molecule has 0 N–H and O–H groups in total. The Labute approximate surface area is 148 Å². The maximum absolute atomic E-state index is 11.9. The largest absolute Gasteiger partial charge is 0.509 e. The number of carbonyl (C=O) groups is 2. The van der Waals surface area contributed by atoms with Crippen molar-refractivity contribution in [1.29, 1.82) is 0 Å². The van der Waals surface area contributed by atoms with E-state index in [2.05, 4.69) is 26.0 Å². The van der Waals surface area contributed by atoms with Gasteiger partial charge in [-0.2, -0.15) is 0 Å². The molecule has 4 nitrogen and oxygen atoms in total. The van der Waals surface area contributed by atoms with Gasteiger partial charge in [-0.25, -0.2) is 4.79 Å². The third kappa shape index (κ3) is 1.83. The van der Waals surface area contributed by atoms with Crippen molar-refractivity contribution < 1.29 is 19.1 Å². The average molecular weight is 342 g/mol. The normalized spacial score (nSPS) is 48.1. The van der Waals surface area contributed by atoms with Crippen LogP contribution in [0.3, 0.4) is 0 Å². The molecule has 1 heterocycles. The summed E-state index contributed by atoms with van der Waals surface area (Å²) in [6.45, 7) is 5.04. The number of ketones is 1. The highest BCUT2D eigenvalue weighted by atomic mass is 16.8. The summed E-state index contributed by atoms with van der Waals surface area (Å²) in [5.41, 5.74) is 2.49. The zero-order valence-electron chi connectivity index (χ0n) is 15.1. The van der Waals surface area contributed by atoms with Gasteiger partial charge >= 0.3 is 6.16 Å². The fraction of sp³-hybridized carbons (Fsp3) is 0.714. The second-order valence-electron chi connectivity index (χ2n) is 9.18. The van der Waals surface area contributed by atoms with Crippen LogP contribution in [0.25, 0.3) is 0 Å². The van der Waals surface area contributed by atoms with Gasteiger partial charge in [-0.15, -0.1) is 0 Å². The first kappa shape index (κ1) is 15.7. The molecule has 0 aromatic rings. The Hall–Kier alpha value is -1.58. The summed E-state index contributed by atoms with van der Waals surface area (Å²) in [4.78, 5) is 23.6. The summed E-state index contributed by atoms with van der Waals surface area (Å²) >= 11 is 0. The quantitative estimate of drug-likeness (QED) is 0.485. The summed E-state index contributed by atoms with van der Waals surface area (Å²) < 4.78 is 11.0. The minimum atomic E-state index is -0.500. The molecule has 0 bridgehead atoms. The zero-order chi connectivity index (χ0) is 17.4. The van der Waals surface area contributed by atoms with Gasteiger partial charge in [-0.05, 0) is 43.9 Å². The van der Waals surface area contributed by atoms with E-state index in [0.29, 0.717) is 37.1 Å². The Bertz CT molecular complexity index is 734. The molecule has 1 aliphatic heterocycles. The van der Waals surface area contributed by atoms with E-state index in [0.717, 1.165) is 32.1 Å². The fourth-order valence-corrected chi connectivity index (χ4v) is 6.67. The molecule has 4 heteroatoms. The number of fused-ring (bicyclic) bond motifs is 6. The number of cyclic esters (lactones) is 1. The van der Waals surface area contributed by atoms with E-state index in [-0.39, 0.29) is 10.8 Å². The summed E-state index contributed by atoms with van der Waals surface area (Å²) in [5, 5.41) is 0. The predicted molar refractivity (Wildman–Crippen MR) is 91.9 cm³/mol. The average Bonchev–Trinajstić information content (AvgIpc) is 3.10. The highest BCUT2D eigenvalue weighted by Crippen LogP contribution is 2.66. The second kappa shape index (κ2) is 4.77. The van der Waals surface area contributed by atoms with Crippen molar-refractivity contribution >= 4 is 11.9 Å². The van der Waals surface area contributed by atoms with Crippen LogP contribution >= 0.6 is 0 Å². The van der Waals surface area contributed by atoms with Crippen LogP contribution in [-0.4, -0.2) is 24.1 Å². The molecule has 5 rings (SSSR count). The molecule has 5 atom stereocenters. The third-order valence-corrected chi connectivity index (χ3v) is 8.31. The lowest BCUT2D eigenvalue weighted by Gasteiger charge is -2.53. The second-order valence-corrected chi connectivity index (χ2v) is 9.18. The van der Waals surface area contributed by atoms with Crippen molar-refractivity contribution in [2.24, 2.45) is 22.7 Å². The number of hydrogen-bond donors (Lipinski definition) is 0. The molecule has 3 fully saturated rings. The number of hydrogen-bond acceptors (Lipinski definition) is 4. The van der Waals surface area contributed by atoms with E-state index in [1.807, 2.05) is 0 Å². The van der Waals surface area contributed by atoms with Crippen molar-refractivity contribution in [2.45, 2.75) is 64.4 Å². The third-order valence-electron chi connectivity index (χ3n) is 8.31. The first-order valence-corrected chi connectivity index (χ1v) is 9.66. The molecule has 0 amide bonds. The summed E-state index contributed by atoms with van der Waals surface area (Å²) in [6, 6.07) is 0. The maximum atomic E-state index is 11.9. The van der Waals surface area contributed by atoms with Crippen LogP contribution in [-0.2, 0) is 14.3 Å². The first-order chi connectivity index (χ1) is 11.9. The van der Waals surface area contributed by atoms with Crippen LogP contribution < -0.4 is 0 Å². The molecule has 1 spiro atoms. The lowest BCUT2D eigenvalue weighted by molar-refractivity contribution is -0.120. The van der Waals surface area contributed by atoms with E-state index < -0.39 is 11.8 Å². The molecule has 2 saturated carbocycles. The smallest absolute Gasteiger partial charge is 0.430 e. The molecule has 5 aliphatic rings. The van der Waals surface area contributed by atoms with Gasteiger partial charge < -0.3 is 9.47 Å². The van der Waals surface area contributed by atoms with Gasteiger partial charge in [0, 0.05) is 23.7 Å². The van der Waals surface area contributed by atoms with Gasteiger partial charge in [-0.3, -0.25) is 4.79 Å². The predicted octanol–water partition coefficient (Wildman–Crippen LogP) is 4.34. The minimum absolute atomic E-state index is 0.0421. The molecule has 0 aromatic heterocycles. The van der Waals surface area contributed by atoms with Crippen LogP contribution in [0.5, 0.6) is 0 Å². The number of rotatable bonds is 0. The first-order valence-electron chi connectivity index (χ1n) is 9.66. The molecule has 1 saturated heterocycles. The molecule has 4 aliphatic carbocycles. The van der Waals surface area contributed by atoms with E-state index in [4.69, 9.17) is 9.47 Å². The van der Waals surface area contributed by atoms with E-state index in [1.54, 1.807) is 5.57 Å². The number of ether oxygens (including phenoxy) is 2. The van der Waals surface area contributed by atoms with Crippen molar-refractivity contribution in [3.8, 4) is 0 Å². The van der Waals surface area contributed by atoms with Gasteiger partial charge in [0.2, 0.25) is 0 Å². The van der Waals surface area contributed by atoms with Crippen LogP contribution in [0.4, 0.5) is 4.79 Å². The van der Waals surface area contributed by atoms with Gasteiger partial charge in [0.05, 0.1) is 0 Å². The van der Waals surface area contributed by atoms with Crippen molar-refractivity contribution in [3.05, 3.63) is 23.3 Å². The highest BCUT2D eigenvalue weighted by Gasteiger charge is 2.66. The lowest BCUT2D eigenvalue weighted by atomic mass is 9.51. The SMILES string of the molecule is C[C@]12CCC(=O)CC1=CCC1C2=CC[C@@]2(C)C1CCC21COC(=O)O1. The molecule has 0 aromatic carbocycles. The summed E-state index contributed by atoms with van der Waals surface area (Å²) in [6.07, 6.45) is 10.5. The van der Waals surface area contributed by atoms with Gasteiger partial charge in [0.15, 0.2) is 5.60 Å². The van der Waals surface area contributed by atoms with Crippen LogP contribution in [0.15, 0.2) is 23.3 Å². The van der Waals surface area contributed by atoms with Crippen molar-refractivity contribution in [1.82, 2.24) is 0 Å². The van der Waals surface area contributed by atoms with Gasteiger partial charge in [-0.1, -0.05) is 37.1 Å². The minimum Gasteiger partial charge on any atom is -0.430 e. The lowest BCUT2D eigenvalue weighted by Crippen LogP contribution is -2.51. The Balaban J connectivity index is 1.54. The Kier molecular flexibility index (Phi) is 2.99. The van der Waals surface area contributed by atoms with Crippen molar-refractivity contribution in [3.63, 3.8) is 0 Å². The summed E-state index contributed by atoms with van der Waals surface area (Å²) in [7, 11) is 0. The molecular weight excluding hydrogens is 316 g/mol. The fourth-order valence-electron chi connectivity index (χ4n) is 6.67. The molecule has 134 valence electrons. The number of carbonyl (C=O) groups excluding carboxylic acids is 2. The summed E-state index contributed by atoms with van der Waals surface area (Å²) in [5.74, 6) is 1.42. The van der Waals surface area contributed by atoms with Crippen LogP contribution in [0.1, 0.15) is 58.8 Å². The van der Waals surface area contributed by atoms with Crippen LogP contribution in [0.2, 0.25) is 0 Å².